The Balaban J connectivity index is 2.35. The van der Waals surface area contributed by atoms with Crippen LogP contribution in [0.2, 0.25) is 20.1 Å². The molecule has 0 spiro atoms. The lowest BCUT2D eigenvalue weighted by Crippen LogP contribution is -2.13. The molecule has 0 fully saturated rings. The molecule has 0 aliphatic heterocycles. The fraction of sp³-hybridized carbons (Fsp3) is 0. The van der Waals surface area contributed by atoms with Crippen LogP contribution in [0.5, 0.6) is 0 Å². The van der Waals surface area contributed by atoms with Crippen LogP contribution in [0.15, 0.2) is 30.3 Å². The molecule has 0 bridgehead atoms. The molecule has 0 radical (unpaired) electrons. The SMILES string of the molecule is Nc1cc(Cl)c(Cl)c(C(=O)Nc2cc(Cl)ccc2Cl)c1. The minimum absolute atomic E-state index is 0.122. The van der Waals surface area contributed by atoms with Gasteiger partial charge in [0.15, 0.2) is 0 Å². The van der Waals surface area contributed by atoms with E-state index < -0.39 is 5.91 Å². The van der Waals surface area contributed by atoms with Gasteiger partial charge >= 0.3 is 0 Å². The number of amides is 1. The summed E-state index contributed by atoms with van der Waals surface area (Å²) in [6, 6.07) is 7.62. The van der Waals surface area contributed by atoms with Gasteiger partial charge in [0.05, 0.1) is 26.3 Å². The Morgan fingerprint density at radius 2 is 1.70 bits per heavy atom. The first kappa shape index (κ1) is 15.3. The number of hydrogen-bond acceptors (Lipinski definition) is 2. The Morgan fingerprint density at radius 3 is 2.40 bits per heavy atom. The molecule has 2 aromatic carbocycles. The molecule has 0 saturated carbocycles. The first-order valence-corrected chi connectivity index (χ1v) is 6.90. The number of hydrogen-bond donors (Lipinski definition) is 2. The van der Waals surface area contributed by atoms with Crippen LogP contribution < -0.4 is 11.1 Å². The van der Waals surface area contributed by atoms with Crippen molar-refractivity contribution in [3.63, 3.8) is 0 Å². The number of benzene rings is 2. The molecule has 104 valence electrons. The van der Waals surface area contributed by atoms with Crippen molar-refractivity contribution >= 4 is 63.7 Å². The smallest absolute Gasteiger partial charge is 0.257 e. The van der Waals surface area contributed by atoms with Crippen molar-refractivity contribution in [1.29, 1.82) is 0 Å². The van der Waals surface area contributed by atoms with Gasteiger partial charge in [0, 0.05) is 10.7 Å². The summed E-state index contributed by atoms with van der Waals surface area (Å²) in [6.45, 7) is 0. The van der Waals surface area contributed by atoms with Crippen LogP contribution in [0.25, 0.3) is 0 Å². The zero-order valence-corrected chi connectivity index (χ0v) is 12.9. The second-order valence-electron chi connectivity index (χ2n) is 3.94. The van der Waals surface area contributed by atoms with Crippen molar-refractivity contribution in [3.8, 4) is 0 Å². The minimum Gasteiger partial charge on any atom is -0.399 e. The maximum atomic E-state index is 12.2. The highest BCUT2D eigenvalue weighted by Crippen LogP contribution is 2.31. The van der Waals surface area contributed by atoms with Gasteiger partial charge in [-0.1, -0.05) is 46.4 Å². The summed E-state index contributed by atoms with van der Waals surface area (Å²) in [5.41, 5.74) is 6.51. The summed E-state index contributed by atoms with van der Waals surface area (Å²) in [4.78, 5) is 12.2. The van der Waals surface area contributed by atoms with Crippen LogP contribution in [0.3, 0.4) is 0 Å². The Labute approximate surface area is 135 Å². The number of halogens is 4. The van der Waals surface area contributed by atoms with E-state index in [1.165, 1.54) is 18.2 Å². The average molecular weight is 350 g/mol. The van der Waals surface area contributed by atoms with Crippen molar-refractivity contribution in [2.24, 2.45) is 0 Å². The molecule has 0 heterocycles. The number of rotatable bonds is 2. The largest absolute Gasteiger partial charge is 0.399 e. The van der Waals surface area contributed by atoms with Crippen LogP contribution in [0.1, 0.15) is 10.4 Å². The van der Waals surface area contributed by atoms with Crippen molar-refractivity contribution in [1.82, 2.24) is 0 Å². The normalized spacial score (nSPS) is 10.4. The van der Waals surface area contributed by atoms with Crippen molar-refractivity contribution in [3.05, 3.63) is 56.0 Å². The Bertz CT molecular complexity index is 688. The van der Waals surface area contributed by atoms with E-state index in [4.69, 9.17) is 52.1 Å². The first-order valence-electron chi connectivity index (χ1n) is 5.39. The van der Waals surface area contributed by atoms with Crippen LogP contribution in [-0.4, -0.2) is 5.91 Å². The van der Waals surface area contributed by atoms with Gasteiger partial charge in [-0.05, 0) is 30.3 Å². The molecule has 1 amide bonds. The summed E-state index contributed by atoms with van der Waals surface area (Å²) >= 11 is 23.7. The fourth-order valence-electron chi connectivity index (χ4n) is 1.56. The Hall–Kier alpha value is -1.13. The maximum absolute atomic E-state index is 12.2. The second kappa shape index (κ2) is 6.10. The van der Waals surface area contributed by atoms with Crippen LogP contribution in [0, 0.1) is 0 Å². The van der Waals surface area contributed by atoms with E-state index in [2.05, 4.69) is 5.32 Å². The lowest BCUT2D eigenvalue weighted by atomic mass is 10.2. The van der Waals surface area contributed by atoms with Crippen molar-refractivity contribution in [2.75, 3.05) is 11.1 Å². The summed E-state index contributed by atoms with van der Waals surface area (Å²) in [7, 11) is 0. The standard InChI is InChI=1S/C13H8Cl4N2O/c14-6-1-2-9(15)11(3-6)19-13(20)8-4-7(18)5-10(16)12(8)17/h1-5H,18H2,(H,19,20). The quantitative estimate of drug-likeness (QED) is 0.738. The number of anilines is 2. The molecule has 0 aliphatic rings. The van der Waals surface area contributed by atoms with Crippen molar-refractivity contribution in [2.45, 2.75) is 0 Å². The third-order valence-electron chi connectivity index (χ3n) is 2.47. The molecule has 0 unspecified atom stereocenters. The lowest BCUT2D eigenvalue weighted by Gasteiger charge is -2.10. The molecule has 3 N–H and O–H groups in total. The van der Waals surface area contributed by atoms with Gasteiger partial charge < -0.3 is 11.1 Å². The van der Waals surface area contributed by atoms with E-state index in [1.807, 2.05) is 0 Å². The first-order chi connectivity index (χ1) is 9.38. The van der Waals surface area contributed by atoms with Gasteiger partial charge in [-0.2, -0.15) is 0 Å². The number of nitrogens with two attached hydrogens (primary N) is 1. The number of carbonyl (C=O) groups excluding carboxylic acids is 1. The third-order valence-corrected chi connectivity index (χ3v) is 3.84. The van der Waals surface area contributed by atoms with E-state index in [9.17, 15) is 4.79 Å². The number of nitrogens with one attached hydrogen (secondary N) is 1. The Morgan fingerprint density at radius 1 is 1.00 bits per heavy atom. The zero-order valence-electron chi connectivity index (χ0n) is 9.88. The summed E-state index contributed by atoms with van der Waals surface area (Å²) in [6.07, 6.45) is 0. The van der Waals surface area contributed by atoms with Gasteiger partial charge in [0.25, 0.3) is 5.91 Å². The molecule has 0 aromatic heterocycles. The number of carbonyl (C=O) groups is 1. The molecule has 20 heavy (non-hydrogen) atoms. The van der Waals surface area contributed by atoms with E-state index >= 15 is 0 Å². The van der Waals surface area contributed by atoms with E-state index in [-0.39, 0.29) is 15.6 Å². The van der Waals surface area contributed by atoms with Crippen LogP contribution in [0.4, 0.5) is 11.4 Å². The topological polar surface area (TPSA) is 55.1 Å². The minimum atomic E-state index is -0.478. The van der Waals surface area contributed by atoms with Gasteiger partial charge in [0.2, 0.25) is 0 Å². The van der Waals surface area contributed by atoms with Crippen LogP contribution >= 0.6 is 46.4 Å². The highest BCUT2D eigenvalue weighted by Gasteiger charge is 2.15. The summed E-state index contributed by atoms with van der Waals surface area (Å²) in [5, 5.41) is 3.73. The molecule has 2 aromatic rings. The van der Waals surface area contributed by atoms with Gasteiger partial charge in [0.1, 0.15) is 0 Å². The van der Waals surface area contributed by atoms with E-state index in [0.717, 1.165) is 0 Å². The molecule has 0 aliphatic carbocycles. The van der Waals surface area contributed by atoms with Gasteiger partial charge in [-0.15, -0.1) is 0 Å². The van der Waals surface area contributed by atoms with E-state index in [0.29, 0.717) is 21.4 Å². The second-order valence-corrected chi connectivity index (χ2v) is 5.57. The number of nitrogen functional groups attached to an aromatic ring is 1. The monoisotopic (exact) mass is 348 g/mol. The summed E-state index contributed by atoms with van der Waals surface area (Å²) < 4.78 is 0. The maximum Gasteiger partial charge on any atom is 0.257 e. The average Bonchev–Trinajstić information content (AvgIpc) is 2.38. The molecule has 0 saturated heterocycles. The molecular weight excluding hydrogens is 342 g/mol. The highest BCUT2D eigenvalue weighted by atomic mass is 35.5. The molecule has 7 heteroatoms. The van der Waals surface area contributed by atoms with Gasteiger partial charge in [-0.3, -0.25) is 4.79 Å². The zero-order chi connectivity index (χ0) is 14.9. The van der Waals surface area contributed by atoms with Gasteiger partial charge in [-0.25, -0.2) is 0 Å². The predicted octanol–water partition coefficient (Wildman–Crippen LogP) is 5.13. The molecule has 2 rings (SSSR count). The fourth-order valence-corrected chi connectivity index (χ4v) is 2.32. The third kappa shape index (κ3) is 3.30. The van der Waals surface area contributed by atoms with Crippen molar-refractivity contribution < 1.29 is 4.79 Å². The van der Waals surface area contributed by atoms with E-state index in [1.54, 1.807) is 12.1 Å². The summed E-state index contributed by atoms with van der Waals surface area (Å²) in [5.74, 6) is -0.478. The Kier molecular flexibility index (Phi) is 4.66. The molecule has 3 nitrogen and oxygen atoms in total. The molecule has 0 atom stereocenters. The lowest BCUT2D eigenvalue weighted by molar-refractivity contribution is 0.102. The van der Waals surface area contributed by atoms with Crippen LogP contribution in [-0.2, 0) is 0 Å². The highest BCUT2D eigenvalue weighted by molar-refractivity contribution is 6.44. The predicted molar refractivity (Wildman–Crippen MR) is 85.3 cm³/mol. The molecular formula is C13H8Cl4N2O.